The number of hydrogen-bond acceptors (Lipinski definition) is 7. The van der Waals surface area contributed by atoms with Gasteiger partial charge >= 0.3 is 0 Å². The number of benzene rings is 1. The summed E-state index contributed by atoms with van der Waals surface area (Å²) in [4.78, 5) is 25.9. The van der Waals surface area contributed by atoms with Crippen molar-refractivity contribution < 1.29 is 14.2 Å². The second-order valence-corrected chi connectivity index (χ2v) is 4.27. The molecule has 1 amide bonds. The Morgan fingerprint density at radius 2 is 2.29 bits per heavy atom. The van der Waals surface area contributed by atoms with Gasteiger partial charge in [-0.05, 0) is 19.1 Å². The summed E-state index contributed by atoms with van der Waals surface area (Å²) < 4.78 is 4.91. The number of carbonyl (C=O) groups excluding carboxylic acids is 1. The van der Waals surface area contributed by atoms with Gasteiger partial charge in [0.2, 0.25) is 5.89 Å². The van der Waals surface area contributed by atoms with Gasteiger partial charge in [-0.15, -0.1) is 0 Å². The minimum absolute atomic E-state index is 0.0554. The summed E-state index contributed by atoms with van der Waals surface area (Å²) in [5.41, 5.74) is 5.49. The van der Waals surface area contributed by atoms with Crippen molar-refractivity contribution in [1.29, 1.82) is 0 Å². The molecule has 2 aromatic rings. The lowest BCUT2D eigenvalue weighted by atomic mass is 10.1. The number of nitro benzene ring substituents is 1. The van der Waals surface area contributed by atoms with Gasteiger partial charge in [0.05, 0.1) is 4.92 Å². The smallest absolute Gasteiger partial charge is 0.292 e. The molecule has 0 aliphatic carbocycles. The van der Waals surface area contributed by atoms with E-state index in [0.29, 0.717) is 24.7 Å². The predicted molar refractivity (Wildman–Crippen MR) is 72.6 cm³/mol. The van der Waals surface area contributed by atoms with Crippen molar-refractivity contribution >= 4 is 17.3 Å². The molecule has 0 saturated carbocycles. The first kappa shape index (κ1) is 14.4. The Balaban J connectivity index is 1.94. The van der Waals surface area contributed by atoms with Crippen molar-refractivity contribution in [3.63, 3.8) is 0 Å². The summed E-state index contributed by atoms with van der Waals surface area (Å²) >= 11 is 0. The number of carbonyl (C=O) groups is 1. The normalized spacial score (nSPS) is 10.3. The lowest BCUT2D eigenvalue weighted by Crippen LogP contribution is -2.25. The van der Waals surface area contributed by atoms with Crippen molar-refractivity contribution in [2.24, 2.45) is 0 Å². The number of nitrogens with zero attached hydrogens (tertiary/aromatic N) is 3. The van der Waals surface area contributed by atoms with E-state index in [1.165, 1.54) is 18.2 Å². The van der Waals surface area contributed by atoms with E-state index < -0.39 is 4.92 Å². The van der Waals surface area contributed by atoms with Crippen LogP contribution in [-0.2, 0) is 6.42 Å². The SMILES string of the molecule is Cc1noc(CCNC(=O)c2ccc([N+](=O)[O-])c(N)c2)n1. The average Bonchev–Trinajstić information content (AvgIpc) is 2.83. The highest BCUT2D eigenvalue weighted by Crippen LogP contribution is 2.21. The van der Waals surface area contributed by atoms with E-state index in [2.05, 4.69) is 15.5 Å². The zero-order chi connectivity index (χ0) is 15.4. The third-order valence-corrected chi connectivity index (χ3v) is 2.68. The van der Waals surface area contributed by atoms with Gasteiger partial charge in [0.1, 0.15) is 5.69 Å². The number of anilines is 1. The Hall–Kier alpha value is -2.97. The van der Waals surface area contributed by atoms with Crippen LogP contribution >= 0.6 is 0 Å². The van der Waals surface area contributed by atoms with Crippen LogP contribution in [0.1, 0.15) is 22.1 Å². The standard InChI is InChI=1S/C12H13N5O4/c1-7-15-11(21-16-7)4-5-14-12(18)8-2-3-10(17(19)20)9(13)6-8/h2-3,6H,4-5,13H2,1H3,(H,14,18). The fourth-order valence-electron chi connectivity index (χ4n) is 1.69. The van der Waals surface area contributed by atoms with Crippen LogP contribution in [0.2, 0.25) is 0 Å². The number of aromatic nitrogens is 2. The summed E-state index contributed by atoms with van der Waals surface area (Å²) in [7, 11) is 0. The number of nitrogens with one attached hydrogen (secondary N) is 1. The van der Waals surface area contributed by atoms with Gasteiger partial charge in [-0.1, -0.05) is 5.16 Å². The summed E-state index contributed by atoms with van der Waals surface area (Å²) in [6.45, 7) is 2.00. The van der Waals surface area contributed by atoms with Crippen LogP contribution in [0.15, 0.2) is 22.7 Å². The van der Waals surface area contributed by atoms with E-state index in [4.69, 9.17) is 10.3 Å². The van der Waals surface area contributed by atoms with E-state index in [9.17, 15) is 14.9 Å². The summed E-state index contributed by atoms with van der Waals surface area (Å²) in [5.74, 6) is 0.573. The Labute approximate surface area is 119 Å². The maximum Gasteiger partial charge on any atom is 0.292 e. The van der Waals surface area contributed by atoms with Gasteiger partial charge in [0.15, 0.2) is 5.82 Å². The Bertz CT molecular complexity index is 682. The van der Waals surface area contributed by atoms with Gasteiger partial charge in [-0.25, -0.2) is 0 Å². The second-order valence-electron chi connectivity index (χ2n) is 4.27. The molecule has 1 aromatic heterocycles. The Morgan fingerprint density at radius 3 is 2.86 bits per heavy atom. The van der Waals surface area contributed by atoms with Crippen molar-refractivity contribution in [2.45, 2.75) is 13.3 Å². The number of nitrogen functional groups attached to an aromatic ring is 1. The highest BCUT2D eigenvalue weighted by atomic mass is 16.6. The van der Waals surface area contributed by atoms with E-state index in [-0.39, 0.29) is 22.8 Å². The highest BCUT2D eigenvalue weighted by molar-refractivity contribution is 5.95. The third kappa shape index (κ3) is 3.53. The van der Waals surface area contributed by atoms with Crippen molar-refractivity contribution in [3.05, 3.63) is 45.6 Å². The molecule has 1 aromatic carbocycles. The zero-order valence-electron chi connectivity index (χ0n) is 11.2. The maximum absolute atomic E-state index is 11.9. The third-order valence-electron chi connectivity index (χ3n) is 2.68. The topological polar surface area (TPSA) is 137 Å². The molecular formula is C12H13N5O4. The lowest BCUT2D eigenvalue weighted by molar-refractivity contribution is -0.383. The Kier molecular flexibility index (Phi) is 4.12. The molecule has 0 saturated heterocycles. The van der Waals surface area contributed by atoms with Crippen molar-refractivity contribution in [3.8, 4) is 0 Å². The van der Waals surface area contributed by atoms with Gasteiger partial charge in [-0.3, -0.25) is 14.9 Å². The first-order chi connectivity index (χ1) is 9.97. The molecule has 3 N–H and O–H groups in total. The fourth-order valence-corrected chi connectivity index (χ4v) is 1.69. The molecular weight excluding hydrogens is 278 g/mol. The van der Waals surface area contributed by atoms with Crippen LogP contribution in [-0.4, -0.2) is 27.5 Å². The maximum atomic E-state index is 11.9. The average molecular weight is 291 g/mol. The molecule has 110 valence electrons. The van der Waals surface area contributed by atoms with Crippen molar-refractivity contribution in [2.75, 3.05) is 12.3 Å². The molecule has 0 aliphatic rings. The molecule has 0 aliphatic heterocycles. The largest absolute Gasteiger partial charge is 0.393 e. The monoisotopic (exact) mass is 291 g/mol. The molecule has 21 heavy (non-hydrogen) atoms. The van der Waals surface area contributed by atoms with Gasteiger partial charge < -0.3 is 15.6 Å². The zero-order valence-corrected chi connectivity index (χ0v) is 11.2. The number of hydrogen-bond donors (Lipinski definition) is 2. The Morgan fingerprint density at radius 1 is 1.52 bits per heavy atom. The van der Waals surface area contributed by atoms with Crippen LogP contribution in [0, 0.1) is 17.0 Å². The van der Waals surface area contributed by atoms with Crippen LogP contribution in [0.5, 0.6) is 0 Å². The van der Waals surface area contributed by atoms with E-state index in [0.717, 1.165) is 0 Å². The van der Waals surface area contributed by atoms with Crippen molar-refractivity contribution in [1.82, 2.24) is 15.5 Å². The number of rotatable bonds is 5. The quantitative estimate of drug-likeness (QED) is 0.473. The summed E-state index contributed by atoms with van der Waals surface area (Å²) in [6.07, 6.45) is 0.398. The molecule has 0 fully saturated rings. The van der Waals surface area contributed by atoms with Gasteiger partial charge in [0, 0.05) is 24.6 Å². The van der Waals surface area contributed by atoms with E-state index >= 15 is 0 Å². The number of nitrogens with two attached hydrogens (primary N) is 1. The van der Waals surface area contributed by atoms with Crippen LogP contribution in [0.25, 0.3) is 0 Å². The highest BCUT2D eigenvalue weighted by Gasteiger charge is 2.14. The summed E-state index contributed by atoms with van der Waals surface area (Å²) in [5, 5.41) is 16.9. The molecule has 2 rings (SSSR count). The van der Waals surface area contributed by atoms with Crippen LogP contribution in [0.4, 0.5) is 11.4 Å². The second kappa shape index (κ2) is 5.99. The minimum Gasteiger partial charge on any atom is -0.393 e. The predicted octanol–water partition coefficient (Wildman–Crippen LogP) is 0.841. The molecule has 9 heteroatoms. The number of amides is 1. The van der Waals surface area contributed by atoms with Gasteiger partial charge in [-0.2, -0.15) is 4.98 Å². The van der Waals surface area contributed by atoms with Crippen LogP contribution in [0.3, 0.4) is 0 Å². The fraction of sp³-hybridized carbons (Fsp3) is 0.250. The molecule has 0 spiro atoms. The lowest BCUT2D eigenvalue weighted by Gasteiger charge is -2.04. The minimum atomic E-state index is -0.602. The first-order valence-electron chi connectivity index (χ1n) is 6.08. The summed E-state index contributed by atoms with van der Waals surface area (Å²) in [6, 6.07) is 3.82. The van der Waals surface area contributed by atoms with Crippen LogP contribution < -0.4 is 11.1 Å². The first-order valence-corrected chi connectivity index (χ1v) is 6.08. The number of aryl methyl sites for hydroxylation is 1. The number of nitro groups is 1. The molecule has 0 atom stereocenters. The molecule has 0 radical (unpaired) electrons. The van der Waals surface area contributed by atoms with Gasteiger partial charge in [0.25, 0.3) is 11.6 Å². The van der Waals surface area contributed by atoms with E-state index in [1.54, 1.807) is 6.92 Å². The van der Waals surface area contributed by atoms with E-state index in [1.807, 2.05) is 0 Å². The molecule has 1 heterocycles. The molecule has 9 nitrogen and oxygen atoms in total. The molecule has 0 unspecified atom stereocenters. The molecule has 0 bridgehead atoms.